The highest BCUT2D eigenvalue weighted by Crippen LogP contribution is 2.33. The van der Waals surface area contributed by atoms with Gasteiger partial charge in [0.05, 0.1) is 11.3 Å². The largest absolute Gasteiger partial charge is 0.489 e. The standard InChI is InChI=1S/C30H30N2O3S/c1-32(26-15-11-25(12-16-26)29(33)34)30-31-28(20-36-30)24-13-17-27(18-14-24)35-19-21-7-9-23(10-8-21)22-5-3-2-4-6-22/h7-18,20,22H,2-6,19H2,1H3,(H,33,34). The van der Waals surface area contributed by atoms with Gasteiger partial charge in [0.2, 0.25) is 0 Å². The lowest BCUT2D eigenvalue weighted by Gasteiger charge is -2.22. The number of carbonyl (C=O) groups is 1. The van der Waals surface area contributed by atoms with E-state index in [0.29, 0.717) is 6.61 Å². The number of carboxylic acids is 1. The number of carboxylic acid groups (broad SMARTS) is 1. The van der Waals surface area contributed by atoms with E-state index in [1.54, 1.807) is 35.6 Å². The van der Waals surface area contributed by atoms with Crippen LogP contribution in [-0.4, -0.2) is 23.1 Å². The number of thiazole rings is 1. The van der Waals surface area contributed by atoms with Gasteiger partial charge in [0.15, 0.2) is 5.13 Å². The summed E-state index contributed by atoms with van der Waals surface area (Å²) in [4.78, 5) is 17.8. The number of anilines is 2. The number of aromatic carboxylic acids is 1. The van der Waals surface area contributed by atoms with E-state index in [1.807, 2.05) is 41.6 Å². The molecule has 1 N–H and O–H groups in total. The van der Waals surface area contributed by atoms with Gasteiger partial charge >= 0.3 is 5.97 Å². The van der Waals surface area contributed by atoms with Gasteiger partial charge in [-0.05, 0) is 78.4 Å². The van der Waals surface area contributed by atoms with Gasteiger partial charge in [-0.15, -0.1) is 11.3 Å². The van der Waals surface area contributed by atoms with Crippen LogP contribution >= 0.6 is 11.3 Å². The topological polar surface area (TPSA) is 62.7 Å². The molecule has 1 fully saturated rings. The first kappa shape index (κ1) is 24.1. The summed E-state index contributed by atoms with van der Waals surface area (Å²) < 4.78 is 6.03. The summed E-state index contributed by atoms with van der Waals surface area (Å²) in [5, 5.41) is 12.0. The van der Waals surface area contributed by atoms with Crippen molar-refractivity contribution in [3.63, 3.8) is 0 Å². The van der Waals surface area contributed by atoms with Crippen LogP contribution in [0.5, 0.6) is 5.75 Å². The number of ether oxygens (including phenoxy) is 1. The molecule has 5 nitrogen and oxygen atoms in total. The molecule has 0 saturated heterocycles. The fraction of sp³-hybridized carbons (Fsp3) is 0.267. The van der Waals surface area contributed by atoms with E-state index < -0.39 is 5.97 Å². The Morgan fingerprint density at radius 2 is 1.67 bits per heavy atom. The number of benzene rings is 3. The summed E-state index contributed by atoms with van der Waals surface area (Å²) in [6.07, 6.45) is 6.73. The van der Waals surface area contributed by atoms with Crippen LogP contribution in [0.3, 0.4) is 0 Å². The summed E-state index contributed by atoms with van der Waals surface area (Å²) in [6.45, 7) is 0.552. The fourth-order valence-corrected chi connectivity index (χ4v) is 5.52. The highest BCUT2D eigenvalue weighted by atomic mass is 32.1. The van der Waals surface area contributed by atoms with Gasteiger partial charge in [-0.2, -0.15) is 0 Å². The molecule has 1 aromatic heterocycles. The van der Waals surface area contributed by atoms with E-state index in [1.165, 1.54) is 43.2 Å². The fourth-order valence-electron chi connectivity index (χ4n) is 4.70. The third-order valence-corrected chi connectivity index (χ3v) is 7.81. The quantitative estimate of drug-likeness (QED) is 0.267. The summed E-state index contributed by atoms with van der Waals surface area (Å²) in [5.41, 5.74) is 5.72. The minimum absolute atomic E-state index is 0.269. The first-order valence-electron chi connectivity index (χ1n) is 12.4. The molecule has 36 heavy (non-hydrogen) atoms. The maximum atomic E-state index is 11.1. The van der Waals surface area contributed by atoms with Crippen molar-refractivity contribution in [2.45, 2.75) is 44.6 Å². The lowest BCUT2D eigenvalue weighted by atomic mass is 9.84. The third-order valence-electron chi connectivity index (χ3n) is 6.89. The smallest absolute Gasteiger partial charge is 0.335 e. The van der Waals surface area contributed by atoms with E-state index >= 15 is 0 Å². The van der Waals surface area contributed by atoms with E-state index in [2.05, 4.69) is 24.3 Å². The van der Waals surface area contributed by atoms with Crippen molar-refractivity contribution >= 4 is 28.1 Å². The number of nitrogens with zero attached hydrogens (tertiary/aromatic N) is 2. The van der Waals surface area contributed by atoms with Crippen LogP contribution in [-0.2, 0) is 6.61 Å². The molecular weight excluding hydrogens is 468 g/mol. The number of hydrogen-bond acceptors (Lipinski definition) is 5. The van der Waals surface area contributed by atoms with Crippen LogP contribution < -0.4 is 9.64 Å². The van der Waals surface area contributed by atoms with E-state index in [0.717, 1.165) is 33.7 Å². The molecule has 0 bridgehead atoms. The maximum Gasteiger partial charge on any atom is 0.335 e. The molecule has 1 saturated carbocycles. The second-order valence-electron chi connectivity index (χ2n) is 9.32. The number of hydrogen-bond donors (Lipinski definition) is 1. The zero-order valence-corrected chi connectivity index (χ0v) is 21.2. The molecule has 0 atom stereocenters. The van der Waals surface area contributed by atoms with Crippen molar-refractivity contribution in [1.82, 2.24) is 4.98 Å². The summed E-state index contributed by atoms with van der Waals surface area (Å²) >= 11 is 1.55. The summed E-state index contributed by atoms with van der Waals surface area (Å²) in [7, 11) is 1.93. The normalized spacial score (nSPS) is 13.9. The summed E-state index contributed by atoms with van der Waals surface area (Å²) in [5.74, 6) is 0.631. The molecule has 0 unspecified atom stereocenters. The molecule has 1 aliphatic carbocycles. The Morgan fingerprint density at radius 1 is 0.972 bits per heavy atom. The van der Waals surface area contributed by atoms with Gasteiger partial charge in [-0.25, -0.2) is 9.78 Å². The average Bonchev–Trinajstić information content (AvgIpc) is 3.43. The Labute approximate surface area is 216 Å². The van der Waals surface area contributed by atoms with E-state index in [9.17, 15) is 4.79 Å². The Balaban J connectivity index is 1.18. The molecule has 1 heterocycles. The second kappa shape index (κ2) is 11.0. The van der Waals surface area contributed by atoms with Crippen molar-refractivity contribution in [3.8, 4) is 17.0 Å². The second-order valence-corrected chi connectivity index (χ2v) is 10.2. The lowest BCUT2D eigenvalue weighted by Crippen LogP contribution is -2.09. The highest BCUT2D eigenvalue weighted by molar-refractivity contribution is 7.14. The van der Waals surface area contributed by atoms with Crippen molar-refractivity contribution < 1.29 is 14.6 Å². The van der Waals surface area contributed by atoms with Crippen LogP contribution in [0, 0.1) is 0 Å². The molecule has 184 valence electrons. The SMILES string of the molecule is CN(c1ccc(C(=O)O)cc1)c1nc(-c2ccc(OCc3ccc(C4CCCCC4)cc3)cc2)cs1. The summed E-state index contributed by atoms with van der Waals surface area (Å²) in [6, 6.07) is 23.8. The predicted molar refractivity (Wildman–Crippen MR) is 146 cm³/mol. The van der Waals surface area contributed by atoms with Gasteiger partial charge in [0.1, 0.15) is 12.4 Å². The molecule has 0 amide bonds. The van der Waals surface area contributed by atoms with Gasteiger partial charge in [-0.1, -0.05) is 43.5 Å². The first-order valence-corrected chi connectivity index (χ1v) is 13.3. The molecule has 0 aliphatic heterocycles. The molecular formula is C30H30N2O3S. The lowest BCUT2D eigenvalue weighted by molar-refractivity contribution is 0.0697. The molecule has 4 aromatic rings. The van der Waals surface area contributed by atoms with Crippen molar-refractivity contribution in [3.05, 3.63) is 94.9 Å². The highest BCUT2D eigenvalue weighted by Gasteiger charge is 2.15. The van der Waals surface area contributed by atoms with Crippen LogP contribution in [0.15, 0.2) is 78.2 Å². The zero-order chi connectivity index (χ0) is 24.9. The molecule has 5 rings (SSSR count). The predicted octanol–water partition coefficient (Wildman–Crippen LogP) is 7.90. The molecule has 0 radical (unpaired) electrons. The number of aromatic nitrogens is 1. The van der Waals surface area contributed by atoms with Crippen LogP contribution in [0.25, 0.3) is 11.3 Å². The Hall–Kier alpha value is -3.64. The van der Waals surface area contributed by atoms with Crippen molar-refractivity contribution in [2.24, 2.45) is 0 Å². The van der Waals surface area contributed by atoms with Gasteiger partial charge in [-0.3, -0.25) is 0 Å². The Kier molecular flexibility index (Phi) is 7.33. The minimum atomic E-state index is -0.930. The minimum Gasteiger partial charge on any atom is -0.489 e. The zero-order valence-electron chi connectivity index (χ0n) is 20.4. The first-order chi connectivity index (χ1) is 17.6. The Morgan fingerprint density at radius 3 is 2.33 bits per heavy atom. The monoisotopic (exact) mass is 498 g/mol. The molecule has 3 aromatic carbocycles. The van der Waals surface area contributed by atoms with Gasteiger partial charge < -0.3 is 14.7 Å². The Bertz CT molecular complexity index is 1290. The molecule has 0 spiro atoms. The average molecular weight is 499 g/mol. The van der Waals surface area contributed by atoms with E-state index in [-0.39, 0.29) is 5.56 Å². The third kappa shape index (κ3) is 5.60. The van der Waals surface area contributed by atoms with Crippen LogP contribution in [0.2, 0.25) is 0 Å². The maximum absolute atomic E-state index is 11.1. The van der Waals surface area contributed by atoms with Crippen molar-refractivity contribution in [1.29, 1.82) is 0 Å². The van der Waals surface area contributed by atoms with Crippen LogP contribution in [0.1, 0.15) is 59.5 Å². The molecule has 6 heteroatoms. The van der Waals surface area contributed by atoms with E-state index in [4.69, 9.17) is 14.8 Å². The molecule has 1 aliphatic rings. The van der Waals surface area contributed by atoms with Gasteiger partial charge in [0, 0.05) is 23.7 Å². The van der Waals surface area contributed by atoms with Crippen LogP contribution in [0.4, 0.5) is 10.8 Å². The van der Waals surface area contributed by atoms with Crippen molar-refractivity contribution in [2.75, 3.05) is 11.9 Å². The van der Waals surface area contributed by atoms with Gasteiger partial charge in [0.25, 0.3) is 0 Å². The number of rotatable bonds is 8.